The zero-order valence-electron chi connectivity index (χ0n) is 13.4. The summed E-state index contributed by atoms with van der Waals surface area (Å²) >= 11 is 6.00. The number of H-pyrrole nitrogens is 1. The molecule has 26 heavy (non-hydrogen) atoms. The number of Topliss-reactive ketones (excluding diaryl/α,β-unsaturated/α-hetero) is 1. The van der Waals surface area contributed by atoms with Gasteiger partial charge in [0.1, 0.15) is 5.82 Å². The van der Waals surface area contributed by atoms with E-state index in [2.05, 4.69) is 15.0 Å². The van der Waals surface area contributed by atoms with Gasteiger partial charge in [-0.25, -0.2) is 9.18 Å². The van der Waals surface area contributed by atoms with Crippen molar-refractivity contribution < 1.29 is 23.5 Å². The summed E-state index contributed by atoms with van der Waals surface area (Å²) in [4.78, 5) is 39.1. The number of benzene rings is 2. The molecule has 8 heteroatoms. The topological polar surface area (TPSA) is 88.3 Å². The van der Waals surface area contributed by atoms with Crippen LogP contribution in [0.4, 0.5) is 10.1 Å². The van der Waals surface area contributed by atoms with Gasteiger partial charge in [-0.15, -0.1) is 0 Å². The van der Waals surface area contributed by atoms with Crippen LogP contribution in [0.25, 0.3) is 10.9 Å². The Morgan fingerprint density at radius 1 is 1.15 bits per heavy atom. The van der Waals surface area contributed by atoms with Crippen LogP contribution < -0.4 is 5.32 Å². The van der Waals surface area contributed by atoms with Gasteiger partial charge >= 0.3 is 5.97 Å². The van der Waals surface area contributed by atoms with Crippen LogP contribution in [0, 0.1) is 5.82 Å². The van der Waals surface area contributed by atoms with Crippen molar-refractivity contribution in [2.24, 2.45) is 0 Å². The monoisotopic (exact) mass is 374 g/mol. The number of hydrogen-bond acceptors (Lipinski definition) is 4. The van der Waals surface area contributed by atoms with Gasteiger partial charge in [0.05, 0.1) is 28.9 Å². The molecule has 1 aromatic heterocycles. The molecule has 0 bridgehead atoms. The Morgan fingerprint density at radius 2 is 1.92 bits per heavy atom. The number of ketones is 1. The third-order valence-corrected chi connectivity index (χ3v) is 4.06. The molecule has 1 amide bonds. The predicted octanol–water partition coefficient (Wildman–Crippen LogP) is 3.57. The second kappa shape index (κ2) is 6.97. The van der Waals surface area contributed by atoms with Gasteiger partial charge in [-0.1, -0.05) is 11.6 Å². The first-order chi connectivity index (χ1) is 12.4. The number of halogens is 2. The van der Waals surface area contributed by atoms with Crippen molar-refractivity contribution in [2.75, 3.05) is 12.4 Å². The van der Waals surface area contributed by atoms with Crippen molar-refractivity contribution in [2.45, 2.75) is 0 Å². The molecule has 0 saturated carbocycles. The number of rotatable bonds is 4. The Balaban J connectivity index is 1.89. The number of carbonyl (C=O) groups excluding carboxylic acids is 3. The fourth-order valence-corrected chi connectivity index (χ4v) is 2.61. The minimum atomic E-state index is -0.973. The Bertz CT molecular complexity index is 1040. The highest BCUT2D eigenvalue weighted by molar-refractivity contribution is 6.49. The Labute approximate surface area is 151 Å². The molecule has 0 radical (unpaired) electrons. The molecule has 2 aromatic carbocycles. The van der Waals surface area contributed by atoms with E-state index in [9.17, 15) is 18.8 Å². The van der Waals surface area contributed by atoms with Crippen LogP contribution in [0.1, 0.15) is 20.7 Å². The number of amides is 1. The van der Waals surface area contributed by atoms with Crippen LogP contribution in [0.15, 0.2) is 42.6 Å². The lowest BCUT2D eigenvalue weighted by atomic mass is 10.1. The normalized spacial score (nSPS) is 10.6. The fourth-order valence-electron chi connectivity index (χ4n) is 2.45. The fraction of sp³-hybridized carbons (Fsp3) is 0.0556. The molecule has 0 fully saturated rings. The molecule has 0 atom stereocenters. The summed E-state index contributed by atoms with van der Waals surface area (Å²) in [5.74, 6) is -2.99. The molecule has 0 aliphatic rings. The highest BCUT2D eigenvalue weighted by Gasteiger charge is 2.21. The van der Waals surface area contributed by atoms with Crippen LogP contribution in [0.2, 0.25) is 5.02 Å². The summed E-state index contributed by atoms with van der Waals surface area (Å²) in [5.41, 5.74) is 0.790. The van der Waals surface area contributed by atoms with E-state index >= 15 is 0 Å². The van der Waals surface area contributed by atoms with E-state index in [1.54, 1.807) is 0 Å². The smallest absolute Gasteiger partial charge is 0.337 e. The molecule has 0 aliphatic carbocycles. The maximum atomic E-state index is 13.4. The van der Waals surface area contributed by atoms with E-state index in [0.29, 0.717) is 10.9 Å². The Morgan fingerprint density at radius 3 is 2.65 bits per heavy atom. The van der Waals surface area contributed by atoms with E-state index in [-0.39, 0.29) is 21.8 Å². The summed E-state index contributed by atoms with van der Waals surface area (Å²) in [6.45, 7) is 0. The first-order valence-electron chi connectivity index (χ1n) is 7.41. The quantitative estimate of drug-likeness (QED) is 0.415. The summed E-state index contributed by atoms with van der Waals surface area (Å²) < 4.78 is 18.0. The van der Waals surface area contributed by atoms with E-state index < -0.39 is 23.5 Å². The number of hydrogen-bond donors (Lipinski definition) is 2. The van der Waals surface area contributed by atoms with Crippen molar-refractivity contribution in [1.29, 1.82) is 0 Å². The van der Waals surface area contributed by atoms with Crippen molar-refractivity contribution in [3.8, 4) is 0 Å². The standard InChI is InChI=1S/C18H12ClFN2O4/c1-26-18(25)9-2-4-13(19)15(6-9)22-17(24)16(23)12-8-21-14-5-3-10(20)7-11(12)14/h2-8,21H,1H3,(H,22,24). The number of nitrogens with one attached hydrogen (secondary N) is 2. The molecule has 0 unspecified atom stereocenters. The first kappa shape index (κ1) is 17.6. The second-order valence-corrected chi connectivity index (χ2v) is 5.77. The van der Waals surface area contributed by atoms with Crippen LogP contribution in [-0.2, 0) is 9.53 Å². The van der Waals surface area contributed by atoms with Gasteiger partial charge in [0.2, 0.25) is 0 Å². The Hall–Kier alpha value is -3.19. The van der Waals surface area contributed by atoms with E-state index in [4.69, 9.17) is 11.6 Å². The summed E-state index contributed by atoms with van der Waals surface area (Å²) in [6, 6.07) is 8.00. The number of esters is 1. The number of ether oxygens (including phenoxy) is 1. The lowest BCUT2D eigenvalue weighted by Crippen LogP contribution is -2.23. The minimum absolute atomic E-state index is 0.0252. The van der Waals surface area contributed by atoms with Gasteiger partial charge in [0, 0.05) is 17.1 Å². The molecule has 2 N–H and O–H groups in total. The predicted molar refractivity (Wildman–Crippen MR) is 94.0 cm³/mol. The number of anilines is 1. The molecule has 3 rings (SSSR count). The van der Waals surface area contributed by atoms with E-state index in [1.807, 2.05) is 0 Å². The molecule has 1 heterocycles. The summed E-state index contributed by atoms with van der Waals surface area (Å²) in [5, 5.41) is 2.79. The lowest BCUT2D eigenvalue weighted by Gasteiger charge is -2.08. The van der Waals surface area contributed by atoms with Gasteiger partial charge < -0.3 is 15.0 Å². The number of aromatic nitrogens is 1. The third kappa shape index (κ3) is 3.29. The molecular weight excluding hydrogens is 363 g/mol. The van der Waals surface area contributed by atoms with Gasteiger partial charge in [0.15, 0.2) is 0 Å². The van der Waals surface area contributed by atoms with Crippen molar-refractivity contribution in [1.82, 2.24) is 4.98 Å². The number of fused-ring (bicyclic) bond motifs is 1. The lowest BCUT2D eigenvalue weighted by molar-refractivity contribution is -0.112. The largest absolute Gasteiger partial charge is 0.465 e. The molecule has 0 aliphatic heterocycles. The molecule has 6 nitrogen and oxygen atoms in total. The second-order valence-electron chi connectivity index (χ2n) is 5.36. The highest BCUT2D eigenvalue weighted by Crippen LogP contribution is 2.25. The minimum Gasteiger partial charge on any atom is -0.465 e. The van der Waals surface area contributed by atoms with Crippen molar-refractivity contribution in [3.05, 3.63) is 64.6 Å². The Kier molecular flexibility index (Phi) is 4.73. The van der Waals surface area contributed by atoms with Crippen LogP contribution in [-0.4, -0.2) is 29.8 Å². The van der Waals surface area contributed by atoms with Gasteiger partial charge in [-0.05, 0) is 36.4 Å². The van der Waals surface area contributed by atoms with Gasteiger partial charge in [0.25, 0.3) is 11.7 Å². The maximum absolute atomic E-state index is 13.4. The van der Waals surface area contributed by atoms with Gasteiger partial charge in [-0.3, -0.25) is 9.59 Å². The zero-order valence-corrected chi connectivity index (χ0v) is 14.2. The van der Waals surface area contributed by atoms with E-state index in [1.165, 1.54) is 43.6 Å². The maximum Gasteiger partial charge on any atom is 0.337 e. The molecule has 0 saturated heterocycles. The van der Waals surface area contributed by atoms with Crippen LogP contribution >= 0.6 is 11.6 Å². The molecule has 3 aromatic rings. The zero-order chi connectivity index (χ0) is 18.8. The third-order valence-electron chi connectivity index (χ3n) is 3.73. The van der Waals surface area contributed by atoms with Crippen LogP contribution in [0.5, 0.6) is 0 Å². The molecular formula is C18H12ClFN2O4. The van der Waals surface area contributed by atoms with E-state index in [0.717, 1.165) is 6.07 Å². The van der Waals surface area contributed by atoms with Crippen molar-refractivity contribution in [3.63, 3.8) is 0 Å². The van der Waals surface area contributed by atoms with Crippen LogP contribution in [0.3, 0.4) is 0 Å². The number of methoxy groups -OCH3 is 1. The molecule has 132 valence electrons. The van der Waals surface area contributed by atoms with Crippen molar-refractivity contribution >= 4 is 45.9 Å². The number of aromatic amines is 1. The highest BCUT2D eigenvalue weighted by atomic mass is 35.5. The first-order valence-corrected chi connectivity index (χ1v) is 7.78. The molecule has 0 spiro atoms. The summed E-state index contributed by atoms with van der Waals surface area (Å²) in [6.07, 6.45) is 1.33. The summed E-state index contributed by atoms with van der Waals surface area (Å²) in [7, 11) is 1.22. The number of carbonyl (C=O) groups is 3. The van der Waals surface area contributed by atoms with Gasteiger partial charge in [-0.2, -0.15) is 0 Å². The average Bonchev–Trinajstić information content (AvgIpc) is 3.05. The average molecular weight is 375 g/mol. The SMILES string of the molecule is COC(=O)c1ccc(Cl)c(NC(=O)C(=O)c2c[nH]c3ccc(F)cc23)c1.